The standard InChI is InChI=1S/C35H47N3O4/c1-22-23(2)33-26(24(3)32(22)39)17-18-35(4,42-33)34(40)37-20-12-8-6-7-11-19-36-31-27-13-9-10-14-29(27)38-30-16-15-25(41-5)21-28(30)31/h15-16,21,39H,6-14,17-20H2,1-5H3,(H,36,38)(H,37,40). The van der Waals surface area contributed by atoms with E-state index < -0.39 is 5.60 Å². The number of phenolic OH excluding ortho intramolecular Hbond substituents is 1. The van der Waals surface area contributed by atoms with Crippen LogP contribution in [0.4, 0.5) is 5.69 Å². The molecule has 0 fully saturated rings. The topological polar surface area (TPSA) is 92.7 Å². The number of aromatic nitrogens is 1. The monoisotopic (exact) mass is 573 g/mol. The lowest BCUT2D eigenvalue weighted by Gasteiger charge is -2.36. The summed E-state index contributed by atoms with van der Waals surface area (Å²) in [4.78, 5) is 18.1. The summed E-state index contributed by atoms with van der Waals surface area (Å²) in [5.41, 5.74) is 7.64. The van der Waals surface area contributed by atoms with E-state index in [9.17, 15) is 9.90 Å². The fourth-order valence-electron chi connectivity index (χ4n) is 6.52. The average molecular weight is 574 g/mol. The van der Waals surface area contributed by atoms with E-state index in [-0.39, 0.29) is 5.91 Å². The molecule has 0 spiro atoms. The van der Waals surface area contributed by atoms with Crippen molar-refractivity contribution >= 4 is 22.5 Å². The van der Waals surface area contributed by atoms with E-state index in [1.807, 2.05) is 33.8 Å². The highest BCUT2D eigenvalue weighted by atomic mass is 16.5. The van der Waals surface area contributed by atoms with Crippen molar-refractivity contribution in [3.05, 3.63) is 51.7 Å². The van der Waals surface area contributed by atoms with Crippen LogP contribution < -0.4 is 20.1 Å². The number of ether oxygens (including phenoxy) is 2. The van der Waals surface area contributed by atoms with Crippen LogP contribution in [0.25, 0.3) is 10.9 Å². The van der Waals surface area contributed by atoms with Crippen molar-refractivity contribution in [1.29, 1.82) is 0 Å². The Kier molecular flexibility index (Phi) is 9.14. The van der Waals surface area contributed by atoms with Crippen LogP contribution in [0.15, 0.2) is 18.2 Å². The van der Waals surface area contributed by atoms with Gasteiger partial charge in [-0.1, -0.05) is 19.3 Å². The van der Waals surface area contributed by atoms with Gasteiger partial charge in [-0.05, 0) is 113 Å². The highest BCUT2D eigenvalue weighted by Crippen LogP contribution is 2.43. The minimum Gasteiger partial charge on any atom is -0.507 e. The maximum absolute atomic E-state index is 13.1. The third-order valence-electron chi connectivity index (χ3n) is 9.41. The molecule has 2 heterocycles. The van der Waals surface area contributed by atoms with E-state index >= 15 is 0 Å². The SMILES string of the molecule is COc1ccc2nc3c(c(NCCCCCCCNC(=O)C4(C)CCc5c(C)c(O)c(C)c(C)c5O4)c2c1)CCCC3. The summed E-state index contributed by atoms with van der Waals surface area (Å²) < 4.78 is 11.8. The van der Waals surface area contributed by atoms with Gasteiger partial charge in [-0.15, -0.1) is 0 Å². The Morgan fingerprint density at radius 1 is 0.976 bits per heavy atom. The quantitative estimate of drug-likeness (QED) is 0.214. The molecule has 1 atom stereocenters. The summed E-state index contributed by atoms with van der Waals surface area (Å²) in [6.07, 6.45) is 11.3. The Hall–Kier alpha value is -3.48. The molecule has 1 aliphatic heterocycles. The summed E-state index contributed by atoms with van der Waals surface area (Å²) in [5.74, 6) is 1.91. The molecule has 0 saturated heterocycles. The number of unbranched alkanes of at least 4 members (excludes halogenated alkanes) is 4. The number of carbonyl (C=O) groups excluding carboxylic acids is 1. The van der Waals surface area contributed by atoms with Crippen molar-refractivity contribution in [2.45, 2.75) is 104 Å². The molecule has 226 valence electrons. The number of anilines is 1. The predicted octanol–water partition coefficient (Wildman–Crippen LogP) is 7.02. The third-order valence-corrected chi connectivity index (χ3v) is 9.41. The Morgan fingerprint density at radius 2 is 1.71 bits per heavy atom. The lowest BCUT2D eigenvalue weighted by atomic mass is 9.86. The van der Waals surface area contributed by atoms with Crippen molar-refractivity contribution in [3.8, 4) is 17.2 Å². The fraction of sp³-hybridized carbons (Fsp3) is 0.543. The smallest absolute Gasteiger partial charge is 0.263 e. The van der Waals surface area contributed by atoms with Crippen LogP contribution >= 0.6 is 0 Å². The second kappa shape index (κ2) is 12.8. The van der Waals surface area contributed by atoms with Crippen molar-refractivity contribution in [2.75, 3.05) is 25.5 Å². The summed E-state index contributed by atoms with van der Waals surface area (Å²) in [5, 5.41) is 18.5. The Balaban J connectivity index is 1.06. The number of pyridine rings is 1. The maximum Gasteiger partial charge on any atom is 0.263 e. The second-order valence-electron chi connectivity index (χ2n) is 12.3. The zero-order chi connectivity index (χ0) is 29.9. The zero-order valence-corrected chi connectivity index (χ0v) is 26.0. The van der Waals surface area contributed by atoms with Crippen LogP contribution in [0.5, 0.6) is 17.2 Å². The van der Waals surface area contributed by atoms with E-state index in [1.165, 1.54) is 29.8 Å². The Labute approximate surface area is 250 Å². The van der Waals surface area contributed by atoms with Crippen LogP contribution in [0.3, 0.4) is 0 Å². The number of phenols is 1. The molecule has 3 aromatic rings. The molecule has 5 rings (SSSR count). The molecule has 0 radical (unpaired) electrons. The first-order valence-electron chi connectivity index (χ1n) is 15.8. The number of benzene rings is 2. The molecule has 1 aliphatic carbocycles. The third kappa shape index (κ3) is 6.02. The van der Waals surface area contributed by atoms with E-state index in [0.29, 0.717) is 18.7 Å². The summed E-state index contributed by atoms with van der Waals surface area (Å²) in [6, 6.07) is 6.17. The van der Waals surface area contributed by atoms with Crippen LogP contribution in [0.1, 0.15) is 91.8 Å². The number of fused-ring (bicyclic) bond motifs is 3. The zero-order valence-electron chi connectivity index (χ0n) is 26.0. The van der Waals surface area contributed by atoms with Gasteiger partial charge in [0.15, 0.2) is 5.60 Å². The number of nitrogens with one attached hydrogen (secondary N) is 2. The van der Waals surface area contributed by atoms with Gasteiger partial charge in [0.1, 0.15) is 17.2 Å². The lowest BCUT2D eigenvalue weighted by molar-refractivity contribution is -0.136. The first kappa shape index (κ1) is 30.0. The van der Waals surface area contributed by atoms with Gasteiger partial charge in [-0.25, -0.2) is 0 Å². The van der Waals surface area contributed by atoms with Gasteiger partial charge in [0, 0.05) is 41.8 Å². The number of rotatable bonds is 11. The van der Waals surface area contributed by atoms with Gasteiger partial charge in [0.2, 0.25) is 0 Å². The molecule has 7 heteroatoms. The molecular formula is C35H47N3O4. The number of methoxy groups -OCH3 is 1. The molecule has 2 aliphatic rings. The fourth-order valence-corrected chi connectivity index (χ4v) is 6.52. The summed E-state index contributed by atoms with van der Waals surface area (Å²) >= 11 is 0. The number of aryl methyl sites for hydroxylation is 1. The number of aromatic hydroxyl groups is 1. The molecule has 1 aromatic heterocycles. The van der Waals surface area contributed by atoms with Gasteiger partial charge in [0.05, 0.1) is 12.6 Å². The van der Waals surface area contributed by atoms with Crippen LogP contribution in [0, 0.1) is 20.8 Å². The molecule has 2 aromatic carbocycles. The normalized spacial score (nSPS) is 17.7. The summed E-state index contributed by atoms with van der Waals surface area (Å²) in [6.45, 7) is 9.26. The van der Waals surface area contributed by atoms with Crippen molar-refractivity contribution in [2.24, 2.45) is 0 Å². The average Bonchev–Trinajstić information content (AvgIpc) is 3.01. The highest BCUT2D eigenvalue weighted by Gasteiger charge is 2.40. The largest absolute Gasteiger partial charge is 0.507 e. The van der Waals surface area contributed by atoms with Gasteiger partial charge in [-0.2, -0.15) is 0 Å². The van der Waals surface area contributed by atoms with Crippen molar-refractivity contribution in [3.63, 3.8) is 0 Å². The molecule has 1 amide bonds. The molecule has 42 heavy (non-hydrogen) atoms. The summed E-state index contributed by atoms with van der Waals surface area (Å²) in [7, 11) is 1.71. The minimum atomic E-state index is -0.889. The number of nitrogens with zero attached hydrogens (tertiary/aromatic N) is 1. The second-order valence-corrected chi connectivity index (χ2v) is 12.3. The highest BCUT2D eigenvalue weighted by molar-refractivity contribution is 5.94. The number of hydrogen-bond acceptors (Lipinski definition) is 6. The first-order valence-corrected chi connectivity index (χ1v) is 15.8. The van der Waals surface area contributed by atoms with Crippen LogP contribution in [-0.4, -0.2) is 41.8 Å². The van der Waals surface area contributed by atoms with Gasteiger partial charge >= 0.3 is 0 Å². The number of carbonyl (C=O) groups is 1. The molecule has 1 unspecified atom stereocenters. The Bertz CT molecular complexity index is 1470. The van der Waals surface area contributed by atoms with Gasteiger partial charge in [-0.3, -0.25) is 9.78 Å². The molecule has 3 N–H and O–H groups in total. The van der Waals surface area contributed by atoms with E-state index in [2.05, 4.69) is 22.8 Å². The number of amides is 1. The molecule has 7 nitrogen and oxygen atoms in total. The van der Waals surface area contributed by atoms with Crippen LogP contribution in [0.2, 0.25) is 0 Å². The predicted molar refractivity (Wildman–Crippen MR) is 169 cm³/mol. The van der Waals surface area contributed by atoms with Crippen LogP contribution in [-0.2, 0) is 24.1 Å². The first-order chi connectivity index (χ1) is 20.2. The van der Waals surface area contributed by atoms with Gasteiger partial charge in [0.25, 0.3) is 5.91 Å². The van der Waals surface area contributed by atoms with E-state index in [0.717, 1.165) is 103 Å². The molecular weight excluding hydrogens is 526 g/mol. The van der Waals surface area contributed by atoms with Crippen molar-refractivity contribution < 1.29 is 19.4 Å². The molecule has 0 saturated carbocycles. The van der Waals surface area contributed by atoms with Gasteiger partial charge < -0.3 is 25.2 Å². The molecule has 0 bridgehead atoms. The Morgan fingerprint density at radius 3 is 2.50 bits per heavy atom. The number of hydrogen-bond donors (Lipinski definition) is 3. The van der Waals surface area contributed by atoms with Crippen molar-refractivity contribution in [1.82, 2.24) is 10.3 Å². The minimum absolute atomic E-state index is 0.0512. The van der Waals surface area contributed by atoms with E-state index in [1.54, 1.807) is 7.11 Å². The van der Waals surface area contributed by atoms with E-state index in [4.69, 9.17) is 14.5 Å². The maximum atomic E-state index is 13.1. The lowest BCUT2D eigenvalue weighted by Crippen LogP contribution is -2.51.